The first-order valence-corrected chi connectivity index (χ1v) is 14.7. The third-order valence-corrected chi connectivity index (χ3v) is 7.74. The number of aromatic nitrogens is 4. The topological polar surface area (TPSA) is 79.0 Å². The van der Waals surface area contributed by atoms with E-state index in [0.717, 1.165) is 67.2 Å². The van der Waals surface area contributed by atoms with Gasteiger partial charge in [-0.2, -0.15) is 0 Å². The van der Waals surface area contributed by atoms with Crippen molar-refractivity contribution in [2.45, 2.75) is 64.8 Å². The number of benzene rings is 2. The van der Waals surface area contributed by atoms with E-state index in [1.54, 1.807) is 0 Å². The van der Waals surface area contributed by atoms with Crippen LogP contribution in [0.1, 0.15) is 66.1 Å². The molecule has 0 bridgehead atoms. The van der Waals surface area contributed by atoms with Gasteiger partial charge in [0.05, 0.1) is 41.6 Å². The van der Waals surface area contributed by atoms with Crippen LogP contribution in [0.2, 0.25) is 0 Å². The smallest absolute Gasteiger partial charge is 0.142 e. The van der Waals surface area contributed by atoms with Gasteiger partial charge in [0, 0.05) is 32.0 Å². The van der Waals surface area contributed by atoms with E-state index in [4.69, 9.17) is 14.7 Å². The molecule has 1 aliphatic carbocycles. The predicted molar refractivity (Wildman–Crippen MR) is 162 cm³/mol. The molecular formula is C34H38N6O. The van der Waals surface area contributed by atoms with E-state index in [-0.39, 0.29) is 6.04 Å². The number of ether oxygens (including phenoxy) is 1. The molecule has 2 aromatic carbocycles. The highest BCUT2D eigenvalue weighted by atomic mass is 16.5. The monoisotopic (exact) mass is 546 g/mol. The van der Waals surface area contributed by atoms with Gasteiger partial charge in [-0.25, -0.2) is 4.98 Å². The lowest BCUT2D eigenvalue weighted by Crippen LogP contribution is -2.31. The number of hydrogen-bond donors (Lipinski definition) is 2. The van der Waals surface area contributed by atoms with E-state index in [9.17, 15) is 0 Å². The lowest BCUT2D eigenvalue weighted by atomic mass is 9.90. The molecule has 2 N–H and O–H groups in total. The average Bonchev–Trinajstić information content (AvgIpc) is 3.43. The van der Waals surface area contributed by atoms with Gasteiger partial charge in [0.2, 0.25) is 0 Å². The molecule has 0 spiro atoms. The number of aromatic amines is 1. The van der Waals surface area contributed by atoms with Crippen LogP contribution in [-0.2, 0) is 32.6 Å². The zero-order valence-corrected chi connectivity index (χ0v) is 23.7. The Balaban J connectivity index is 1.15. The molecule has 1 aliphatic rings. The number of fused-ring (bicyclic) bond motifs is 2. The maximum Gasteiger partial charge on any atom is 0.142 e. The minimum atomic E-state index is 0.261. The normalized spacial score (nSPS) is 14.8. The van der Waals surface area contributed by atoms with E-state index < -0.39 is 0 Å². The zero-order valence-electron chi connectivity index (χ0n) is 23.7. The molecule has 5 aromatic rings. The maximum absolute atomic E-state index is 5.86. The number of hydrogen-bond acceptors (Lipinski definition) is 6. The van der Waals surface area contributed by atoms with Crippen LogP contribution < -0.4 is 10.1 Å². The standard InChI is InChI=1S/C34H38N6O/c1-2-20-41-32-13-7-18-36-30(32)22-35-21-25-14-16-26(17-15-25)23-40(24-33-38-28-10-3-4-11-29(28)39-33)31-12-5-8-27-9-6-19-37-34(27)31/h3-4,6-7,9-11,13-19,31,35H,2,5,8,12,20-24H2,1H3,(H,38,39). The fraction of sp³-hybridized carbons (Fsp3) is 0.324. The second-order valence-electron chi connectivity index (χ2n) is 10.8. The third kappa shape index (κ3) is 6.64. The molecule has 0 saturated carbocycles. The number of aryl methyl sites for hydroxylation is 1. The lowest BCUT2D eigenvalue weighted by Gasteiger charge is -2.34. The number of para-hydroxylation sites is 2. The molecule has 0 radical (unpaired) electrons. The molecule has 3 heterocycles. The zero-order chi connectivity index (χ0) is 27.9. The second kappa shape index (κ2) is 13.1. The van der Waals surface area contributed by atoms with Gasteiger partial charge in [0.15, 0.2) is 0 Å². The lowest BCUT2D eigenvalue weighted by molar-refractivity contribution is 0.153. The van der Waals surface area contributed by atoms with Gasteiger partial charge in [-0.15, -0.1) is 0 Å². The van der Waals surface area contributed by atoms with Crippen LogP contribution in [0.4, 0.5) is 0 Å². The highest BCUT2D eigenvalue weighted by Crippen LogP contribution is 2.34. The first-order chi connectivity index (χ1) is 20.3. The summed E-state index contributed by atoms with van der Waals surface area (Å²) in [6, 6.07) is 25.7. The van der Waals surface area contributed by atoms with E-state index in [1.165, 1.54) is 28.8 Å². The van der Waals surface area contributed by atoms with Crippen molar-refractivity contribution in [2.24, 2.45) is 0 Å². The highest BCUT2D eigenvalue weighted by Gasteiger charge is 2.28. The van der Waals surface area contributed by atoms with Crippen LogP contribution in [0, 0.1) is 0 Å². The van der Waals surface area contributed by atoms with Crippen LogP contribution in [0.15, 0.2) is 85.2 Å². The Kier molecular flexibility index (Phi) is 8.64. The molecule has 1 atom stereocenters. The fourth-order valence-electron chi connectivity index (χ4n) is 5.71. The van der Waals surface area contributed by atoms with E-state index in [2.05, 4.69) is 81.7 Å². The summed E-state index contributed by atoms with van der Waals surface area (Å²) < 4.78 is 5.86. The number of nitrogens with zero attached hydrogens (tertiary/aromatic N) is 4. The Morgan fingerprint density at radius 2 is 1.73 bits per heavy atom. The van der Waals surface area contributed by atoms with Gasteiger partial charge in [0.1, 0.15) is 11.6 Å². The summed E-state index contributed by atoms with van der Waals surface area (Å²) in [4.78, 5) is 20.3. The Hall–Kier alpha value is -4.07. The van der Waals surface area contributed by atoms with Crippen LogP contribution >= 0.6 is 0 Å². The quantitative estimate of drug-likeness (QED) is 0.186. The molecule has 7 nitrogen and oxygen atoms in total. The van der Waals surface area contributed by atoms with Crippen molar-refractivity contribution in [1.29, 1.82) is 0 Å². The molecule has 1 unspecified atom stereocenters. The first kappa shape index (κ1) is 27.1. The Morgan fingerprint density at radius 3 is 2.61 bits per heavy atom. The summed E-state index contributed by atoms with van der Waals surface area (Å²) in [5, 5.41) is 3.53. The molecular weight excluding hydrogens is 508 g/mol. The molecule has 0 fully saturated rings. The summed E-state index contributed by atoms with van der Waals surface area (Å²) in [7, 11) is 0. The molecule has 210 valence electrons. The minimum Gasteiger partial charge on any atom is -0.492 e. The van der Waals surface area contributed by atoms with Crippen molar-refractivity contribution >= 4 is 11.0 Å². The largest absolute Gasteiger partial charge is 0.492 e. The van der Waals surface area contributed by atoms with Gasteiger partial charge in [0.25, 0.3) is 0 Å². The van der Waals surface area contributed by atoms with Crippen molar-refractivity contribution in [3.63, 3.8) is 0 Å². The second-order valence-corrected chi connectivity index (χ2v) is 10.8. The van der Waals surface area contributed by atoms with Gasteiger partial charge in [-0.1, -0.05) is 49.4 Å². The molecule has 3 aromatic heterocycles. The number of pyridine rings is 2. The van der Waals surface area contributed by atoms with Crippen LogP contribution in [0.3, 0.4) is 0 Å². The molecule has 0 aliphatic heterocycles. The van der Waals surface area contributed by atoms with Crippen molar-refractivity contribution in [1.82, 2.24) is 30.2 Å². The summed E-state index contributed by atoms with van der Waals surface area (Å²) in [5.41, 5.74) is 8.15. The molecule has 0 amide bonds. The van der Waals surface area contributed by atoms with E-state index >= 15 is 0 Å². The minimum absolute atomic E-state index is 0.261. The fourth-order valence-corrected chi connectivity index (χ4v) is 5.71. The van der Waals surface area contributed by atoms with Crippen LogP contribution in [0.5, 0.6) is 5.75 Å². The van der Waals surface area contributed by atoms with Crippen LogP contribution in [0.25, 0.3) is 11.0 Å². The Bertz CT molecular complexity index is 1530. The molecule has 6 rings (SSSR count). The van der Waals surface area contributed by atoms with E-state index in [1.807, 2.05) is 30.6 Å². The third-order valence-electron chi connectivity index (χ3n) is 7.74. The van der Waals surface area contributed by atoms with Crippen molar-refractivity contribution in [3.05, 3.63) is 119 Å². The van der Waals surface area contributed by atoms with Crippen molar-refractivity contribution < 1.29 is 4.74 Å². The SMILES string of the molecule is CCCOc1cccnc1CNCc1ccc(CN(Cc2nc3ccccc3[nH]2)C2CCCc3cccnc32)cc1. The molecule has 0 saturated heterocycles. The Morgan fingerprint density at radius 1 is 0.902 bits per heavy atom. The number of H-pyrrole nitrogens is 1. The van der Waals surface area contributed by atoms with Gasteiger partial charge in [-0.05, 0) is 72.7 Å². The first-order valence-electron chi connectivity index (χ1n) is 14.7. The Labute approximate surface area is 242 Å². The predicted octanol–water partition coefficient (Wildman–Crippen LogP) is 6.51. The molecule has 7 heteroatoms. The highest BCUT2D eigenvalue weighted by molar-refractivity contribution is 5.74. The summed E-state index contributed by atoms with van der Waals surface area (Å²) >= 11 is 0. The average molecular weight is 547 g/mol. The number of imidazole rings is 1. The van der Waals surface area contributed by atoms with Crippen molar-refractivity contribution in [2.75, 3.05) is 6.61 Å². The summed E-state index contributed by atoms with van der Waals surface area (Å²) in [6.45, 7) is 5.83. The number of nitrogens with one attached hydrogen (secondary N) is 2. The molecule has 41 heavy (non-hydrogen) atoms. The maximum atomic E-state index is 5.86. The summed E-state index contributed by atoms with van der Waals surface area (Å²) in [6.07, 6.45) is 8.11. The van der Waals surface area contributed by atoms with Crippen molar-refractivity contribution in [3.8, 4) is 5.75 Å². The van der Waals surface area contributed by atoms with Crippen LogP contribution in [-0.4, -0.2) is 31.4 Å². The summed E-state index contributed by atoms with van der Waals surface area (Å²) in [5.74, 6) is 1.85. The van der Waals surface area contributed by atoms with Gasteiger partial charge >= 0.3 is 0 Å². The van der Waals surface area contributed by atoms with Gasteiger partial charge in [-0.3, -0.25) is 14.9 Å². The van der Waals surface area contributed by atoms with E-state index in [0.29, 0.717) is 13.2 Å². The van der Waals surface area contributed by atoms with Gasteiger partial charge < -0.3 is 15.0 Å². The number of rotatable bonds is 12.